The van der Waals surface area contributed by atoms with E-state index in [4.69, 9.17) is 5.73 Å². The Labute approximate surface area is 102 Å². The van der Waals surface area contributed by atoms with Crippen LogP contribution in [0.5, 0.6) is 0 Å². The van der Waals surface area contributed by atoms with Crippen LogP contribution in [0.25, 0.3) is 0 Å². The summed E-state index contributed by atoms with van der Waals surface area (Å²) < 4.78 is 0. The highest BCUT2D eigenvalue weighted by Gasteiger charge is 2.21. The molecule has 0 saturated heterocycles. The Hall–Kier alpha value is -1.58. The van der Waals surface area contributed by atoms with E-state index in [2.05, 4.69) is 17.2 Å². The van der Waals surface area contributed by atoms with E-state index in [1.807, 2.05) is 0 Å². The lowest BCUT2D eigenvalue weighted by Gasteiger charge is -2.11. The van der Waals surface area contributed by atoms with Gasteiger partial charge in [-0.2, -0.15) is 0 Å². The summed E-state index contributed by atoms with van der Waals surface area (Å²) in [6, 6.07) is 3.29. The van der Waals surface area contributed by atoms with Crippen LogP contribution in [0.2, 0.25) is 0 Å². The molecule has 1 heterocycles. The molecule has 0 aromatic carbocycles. The Morgan fingerprint density at radius 3 is 3.06 bits per heavy atom. The maximum Gasteiger partial charge on any atom is 0.251 e. The normalized spacial score (nSPS) is 23.6. The molecule has 0 spiro atoms. The second-order valence-corrected chi connectivity index (χ2v) is 4.96. The van der Waals surface area contributed by atoms with Crippen LogP contribution in [0.1, 0.15) is 36.5 Å². The van der Waals surface area contributed by atoms with Gasteiger partial charge in [-0.05, 0) is 36.8 Å². The standard InChI is InChI=1S/C13H19N3O/c1-9-2-3-10(6-9)8-16-13(17)11-4-5-15-12(14)7-11/h4-5,7,9-10H,2-3,6,8H2,1H3,(H2,14,15)(H,16,17). The lowest BCUT2D eigenvalue weighted by molar-refractivity contribution is 0.0947. The van der Waals surface area contributed by atoms with Gasteiger partial charge in [-0.1, -0.05) is 13.3 Å². The molecule has 4 nitrogen and oxygen atoms in total. The zero-order valence-electron chi connectivity index (χ0n) is 10.1. The fourth-order valence-electron chi connectivity index (χ4n) is 2.44. The van der Waals surface area contributed by atoms with Crippen LogP contribution in [0, 0.1) is 11.8 Å². The van der Waals surface area contributed by atoms with Gasteiger partial charge in [-0.25, -0.2) is 4.98 Å². The molecule has 2 rings (SSSR count). The molecule has 0 bridgehead atoms. The van der Waals surface area contributed by atoms with E-state index in [1.165, 1.54) is 19.3 Å². The summed E-state index contributed by atoms with van der Waals surface area (Å²) in [4.78, 5) is 15.7. The quantitative estimate of drug-likeness (QED) is 0.837. The summed E-state index contributed by atoms with van der Waals surface area (Å²) in [6.45, 7) is 3.04. The van der Waals surface area contributed by atoms with Gasteiger partial charge in [0.25, 0.3) is 5.91 Å². The second kappa shape index (κ2) is 5.17. The lowest BCUT2D eigenvalue weighted by Crippen LogP contribution is -2.28. The number of nitrogens with zero attached hydrogens (tertiary/aromatic N) is 1. The fraction of sp³-hybridized carbons (Fsp3) is 0.538. The Morgan fingerprint density at radius 1 is 1.59 bits per heavy atom. The Balaban J connectivity index is 1.85. The van der Waals surface area contributed by atoms with Gasteiger partial charge in [-0.3, -0.25) is 4.79 Å². The van der Waals surface area contributed by atoms with E-state index in [-0.39, 0.29) is 5.91 Å². The highest BCUT2D eigenvalue weighted by atomic mass is 16.1. The monoisotopic (exact) mass is 233 g/mol. The predicted molar refractivity (Wildman–Crippen MR) is 67.5 cm³/mol. The van der Waals surface area contributed by atoms with Gasteiger partial charge in [-0.15, -0.1) is 0 Å². The summed E-state index contributed by atoms with van der Waals surface area (Å²) in [5, 5.41) is 2.97. The molecule has 1 aliphatic carbocycles. The fourth-order valence-corrected chi connectivity index (χ4v) is 2.44. The molecule has 1 aromatic rings. The molecular weight excluding hydrogens is 214 g/mol. The lowest BCUT2D eigenvalue weighted by atomic mass is 10.1. The summed E-state index contributed by atoms with van der Waals surface area (Å²) >= 11 is 0. The van der Waals surface area contributed by atoms with Crippen molar-refractivity contribution in [3.8, 4) is 0 Å². The molecule has 17 heavy (non-hydrogen) atoms. The van der Waals surface area contributed by atoms with Crippen molar-refractivity contribution in [3.63, 3.8) is 0 Å². The Kier molecular flexibility index (Phi) is 3.61. The minimum Gasteiger partial charge on any atom is -0.384 e. The van der Waals surface area contributed by atoms with Crippen LogP contribution in [-0.4, -0.2) is 17.4 Å². The zero-order valence-corrected chi connectivity index (χ0v) is 10.1. The first kappa shape index (κ1) is 11.9. The summed E-state index contributed by atoms with van der Waals surface area (Å²) in [5.74, 6) is 1.76. The van der Waals surface area contributed by atoms with Gasteiger partial charge < -0.3 is 11.1 Å². The van der Waals surface area contributed by atoms with Crippen molar-refractivity contribution in [3.05, 3.63) is 23.9 Å². The molecule has 1 aromatic heterocycles. The van der Waals surface area contributed by atoms with Gasteiger partial charge in [0.2, 0.25) is 0 Å². The number of amides is 1. The molecule has 1 amide bonds. The minimum absolute atomic E-state index is 0.0568. The average molecular weight is 233 g/mol. The van der Waals surface area contributed by atoms with Crippen molar-refractivity contribution in [1.29, 1.82) is 0 Å². The van der Waals surface area contributed by atoms with Crippen molar-refractivity contribution in [1.82, 2.24) is 10.3 Å². The second-order valence-electron chi connectivity index (χ2n) is 4.96. The van der Waals surface area contributed by atoms with E-state index < -0.39 is 0 Å². The number of aromatic nitrogens is 1. The maximum absolute atomic E-state index is 11.8. The van der Waals surface area contributed by atoms with Gasteiger partial charge in [0.1, 0.15) is 5.82 Å². The molecule has 1 saturated carbocycles. The van der Waals surface area contributed by atoms with Crippen LogP contribution < -0.4 is 11.1 Å². The molecule has 0 radical (unpaired) electrons. The third-order valence-corrected chi connectivity index (χ3v) is 3.40. The van der Waals surface area contributed by atoms with E-state index in [0.717, 1.165) is 12.5 Å². The maximum atomic E-state index is 11.8. The highest BCUT2D eigenvalue weighted by Crippen LogP contribution is 2.29. The number of carbonyl (C=O) groups is 1. The van der Waals surface area contributed by atoms with E-state index in [1.54, 1.807) is 18.3 Å². The van der Waals surface area contributed by atoms with Gasteiger partial charge in [0, 0.05) is 18.3 Å². The van der Waals surface area contributed by atoms with Crippen molar-refractivity contribution < 1.29 is 4.79 Å². The molecule has 1 fully saturated rings. The Morgan fingerprint density at radius 2 is 2.41 bits per heavy atom. The SMILES string of the molecule is CC1CCC(CNC(=O)c2ccnc(N)c2)C1. The zero-order chi connectivity index (χ0) is 12.3. The molecule has 2 unspecified atom stereocenters. The van der Waals surface area contributed by atoms with E-state index >= 15 is 0 Å². The minimum atomic E-state index is -0.0568. The average Bonchev–Trinajstić information content (AvgIpc) is 2.72. The molecule has 3 N–H and O–H groups in total. The number of pyridine rings is 1. The number of nitrogens with one attached hydrogen (secondary N) is 1. The van der Waals surface area contributed by atoms with Crippen LogP contribution in [-0.2, 0) is 0 Å². The number of nitrogen functional groups attached to an aromatic ring is 1. The van der Waals surface area contributed by atoms with Crippen LogP contribution >= 0.6 is 0 Å². The van der Waals surface area contributed by atoms with Crippen molar-refractivity contribution in [2.75, 3.05) is 12.3 Å². The third-order valence-electron chi connectivity index (χ3n) is 3.40. The van der Waals surface area contributed by atoms with E-state index in [0.29, 0.717) is 17.3 Å². The van der Waals surface area contributed by atoms with Crippen molar-refractivity contribution in [2.24, 2.45) is 11.8 Å². The molecular formula is C13H19N3O. The third kappa shape index (κ3) is 3.19. The topological polar surface area (TPSA) is 68.0 Å². The summed E-state index contributed by atoms with van der Waals surface area (Å²) in [5.41, 5.74) is 6.13. The van der Waals surface area contributed by atoms with Crippen LogP contribution in [0.4, 0.5) is 5.82 Å². The molecule has 1 aliphatic rings. The number of anilines is 1. The van der Waals surface area contributed by atoms with Crippen molar-refractivity contribution >= 4 is 11.7 Å². The van der Waals surface area contributed by atoms with E-state index in [9.17, 15) is 4.79 Å². The molecule has 4 heteroatoms. The Bertz CT molecular complexity index is 405. The first-order valence-electron chi connectivity index (χ1n) is 6.15. The summed E-state index contributed by atoms with van der Waals surface area (Å²) in [6.07, 6.45) is 5.28. The number of hydrogen-bond donors (Lipinski definition) is 2. The largest absolute Gasteiger partial charge is 0.384 e. The smallest absolute Gasteiger partial charge is 0.251 e. The van der Waals surface area contributed by atoms with Crippen molar-refractivity contribution in [2.45, 2.75) is 26.2 Å². The van der Waals surface area contributed by atoms with Crippen LogP contribution in [0.3, 0.4) is 0 Å². The summed E-state index contributed by atoms with van der Waals surface area (Å²) in [7, 11) is 0. The first-order chi connectivity index (χ1) is 8.15. The first-order valence-corrected chi connectivity index (χ1v) is 6.15. The number of carbonyl (C=O) groups excluding carboxylic acids is 1. The van der Waals surface area contributed by atoms with Gasteiger partial charge >= 0.3 is 0 Å². The molecule has 0 aliphatic heterocycles. The number of hydrogen-bond acceptors (Lipinski definition) is 3. The van der Waals surface area contributed by atoms with Crippen LogP contribution in [0.15, 0.2) is 18.3 Å². The molecule has 2 atom stereocenters. The molecule has 92 valence electrons. The number of rotatable bonds is 3. The predicted octanol–water partition coefficient (Wildman–Crippen LogP) is 1.83. The highest BCUT2D eigenvalue weighted by molar-refractivity contribution is 5.94. The number of nitrogens with two attached hydrogens (primary N) is 1. The van der Waals surface area contributed by atoms with Gasteiger partial charge in [0.05, 0.1) is 0 Å². The van der Waals surface area contributed by atoms with Gasteiger partial charge in [0.15, 0.2) is 0 Å².